The monoisotopic (exact) mass is 238 g/mol. The molecule has 1 aliphatic rings. The van der Waals surface area contributed by atoms with Crippen molar-refractivity contribution in [2.75, 3.05) is 18.0 Å². The first-order valence-corrected chi connectivity index (χ1v) is 6.63. The Morgan fingerprint density at radius 3 is 2.94 bits per heavy atom. The molecule has 3 heteroatoms. The lowest BCUT2D eigenvalue weighted by Crippen LogP contribution is -2.28. The van der Waals surface area contributed by atoms with Crippen molar-refractivity contribution < 1.29 is 0 Å². The molecule has 0 N–H and O–H groups in total. The van der Waals surface area contributed by atoms with Gasteiger partial charge in [0.2, 0.25) is 0 Å². The number of hydrogen-bond donors (Lipinski definition) is 0. The maximum Gasteiger partial charge on any atom is 0.132 e. The smallest absolute Gasteiger partial charge is 0.132 e. The van der Waals surface area contributed by atoms with Crippen molar-refractivity contribution in [2.24, 2.45) is 5.92 Å². The Bertz CT molecular complexity index is 336. The van der Waals surface area contributed by atoms with Crippen LogP contribution in [0.15, 0.2) is 18.3 Å². The summed E-state index contributed by atoms with van der Waals surface area (Å²) in [6, 6.07) is 4.04. The summed E-state index contributed by atoms with van der Waals surface area (Å²) in [5.41, 5.74) is 1.15. The lowest BCUT2D eigenvalue weighted by Gasteiger charge is -2.24. The Hall–Kier alpha value is -0.760. The molecule has 16 heavy (non-hydrogen) atoms. The minimum atomic E-state index is 0.550. The van der Waals surface area contributed by atoms with E-state index in [0.29, 0.717) is 5.88 Å². The highest BCUT2D eigenvalue weighted by Crippen LogP contribution is 2.32. The summed E-state index contributed by atoms with van der Waals surface area (Å²) in [4.78, 5) is 6.89. The maximum absolute atomic E-state index is 5.96. The standard InChI is InChI=1S/C13H19ClN2/c1-2-8-16(10-11-5-6-11)13-12(9-14)4-3-7-15-13/h3-4,7,11H,2,5-6,8-10H2,1H3. The van der Waals surface area contributed by atoms with Gasteiger partial charge >= 0.3 is 0 Å². The van der Waals surface area contributed by atoms with E-state index >= 15 is 0 Å². The van der Waals surface area contributed by atoms with Crippen molar-refractivity contribution in [3.05, 3.63) is 23.9 Å². The Labute approximate surface area is 103 Å². The van der Waals surface area contributed by atoms with Crippen LogP contribution in [0.25, 0.3) is 0 Å². The second kappa shape index (κ2) is 5.53. The Morgan fingerprint density at radius 2 is 2.31 bits per heavy atom. The summed E-state index contributed by atoms with van der Waals surface area (Å²) < 4.78 is 0. The first kappa shape index (κ1) is 11.7. The number of pyridine rings is 1. The molecule has 0 amide bonds. The van der Waals surface area contributed by atoms with E-state index in [1.807, 2.05) is 12.3 Å². The molecule has 1 fully saturated rings. The van der Waals surface area contributed by atoms with Gasteiger partial charge in [-0.15, -0.1) is 11.6 Å². The lowest BCUT2D eigenvalue weighted by atomic mass is 10.2. The molecule has 2 rings (SSSR count). The van der Waals surface area contributed by atoms with Crippen LogP contribution < -0.4 is 4.90 Å². The second-order valence-corrected chi connectivity index (χ2v) is 4.78. The first-order chi connectivity index (χ1) is 7.85. The van der Waals surface area contributed by atoms with Crippen molar-refractivity contribution in [1.82, 2.24) is 4.98 Å². The number of anilines is 1. The van der Waals surface area contributed by atoms with Crippen LogP contribution in [0.5, 0.6) is 0 Å². The third-order valence-corrected chi connectivity index (χ3v) is 3.27. The molecule has 1 aromatic heterocycles. The van der Waals surface area contributed by atoms with Crippen LogP contribution in [0.4, 0.5) is 5.82 Å². The van der Waals surface area contributed by atoms with Crippen LogP contribution in [0.3, 0.4) is 0 Å². The quantitative estimate of drug-likeness (QED) is 0.706. The van der Waals surface area contributed by atoms with E-state index in [9.17, 15) is 0 Å². The SMILES string of the molecule is CCCN(CC1CC1)c1ncccc1CCl. The Balaban J connectivity index is 2.14. The molecule has 88 valence electrons. The summed E-state index contributed by atoms with van der Waals surface area (Å²) in [6.07, 6.45) is 5.78. The van der Waals surface area contributed by atoms with Gasteiger partial charge < -0.3 is 4.90 Å². The van der Waals surface area contributed by atoms with Crippen LogP contribution in [-0.2, 0) is 5.88 Å². The zero-order valence-electron chi connectivity index (χ0n) is 9.82. The summed E-state index contributed by atoms with van der Waals surface area (Å²) in [7, 11) is 0. The molecular weight excluding hydrogens is 220 g/mol. The van der Waals surface area contributed by atoms with Crippen LogP contribution in [0.2, 0.25) is 0 Å². The van der Waals surface area contributed by atoms with Crippen molar-refractivity contribution >= 4 is 17.4 Å². The number of aromatic nitrogens is 1. The second-order valence-electron chi connectivity index (χ2n) is 4.51. The minimum Gasteiger partial charge on any atom is -0.356 e. The van der Waals surface area contributed by atoms with E-state index in [1.165, 1.54) is 12.8 Å². The molecule has 0 radical (unpaired) electrons. The van der Waals surface area contributed by atoms with E-state index in [2.05, 4.69) is 22.9 Å². The summed E-state index contributed by atoms with van der Waals surface area (Å²) in [5, 5.41) is 0. The van der Waals surface area contributed by atoms with Crippen molar-refractivity contribution in [3.63, 3.8) is 0 Å². The van der Waals surface area contributed by atoms with E-state index in [-0.39, 0.29) is 0 Å². The van der Waals surface area contributed by atoms with E-state index in [1.54, 1.807) is 0 Å². The van der Waals surface area contributed by atoms with Crippen molar-refractivity contribution in [3.8, 4) is 0 Å². The Morgan fingerprint density at radius 1 is 1.50 bits per heavy atom. The predicted molar refractivity (Wildman–Crippen MR) is 69.0 cm³/mol. The molecule has 1 heterocycles. The van der Waals surface area contributed by atoms with Crippen LogP contribution in [0, 0.1) is 5.92 Å². The fourth-order valence-electron chi connectivity index (χ4n) is 1.98. The zero-order valence-corrected chi connectivity index (χ0v) is 10.6. The molecule has 2 nitrogen and oxygen atoms in total. The molecule has 0 spiro atoms. The molecule has 0 aromatic carbocycles. The van der Waals surface area contributed by atoms with Gasteiger partial charge in [-0.25, -0.2) is 4.98 Å². The van der Waals surface area contributed by atoms with E-state index < -0.39 is 0 Å². The number of halogens is 1. The van der Waals surface area contributed by atoms with E-state index in [4.69, 9.17) is 11.6 Å². The van der Waals surface area contributed by atoms with Crippen molar-refractivity contribution in [1.29, 1.82) is 0 Å². The molecule has 0 saturated heterocycles. The average molecular weight is 239 g/mol. The van der Waals surface area contributed by atoms with Gasteiger partial charge in [0.25, 0.3) is 0 Å². The van der Waals surface area contributed by atoms with Crippen LogP contribution in [0.1, 0.15) is 31.7 Å². The molecule has 1 aliphatic carbocycles. The topological polar surface area (TPSA) is 16.1 Å². The molecule has 0 aliphatic heterocycles. The highest BCUT2D eigenvalue weighted by Gasteiger charge is 2.25. The number of nitrogens with zero attached hydrogens (tertiary/aromatic N) is 2. The molecule has 1 saturated carbocycles. The van der Waals surface area contributed by atoms with Gasteiger partial charge in [0, 0.05) is 24.8 Å². The van der Waals surface area contributed by atoms with Crippen LogP contribution >= 0.6 is 11.6 Å². The minimum absolute atomic E-state index is 0.550. The normalized spacial score (nSPS) is 15.1. The summed E-state index contributed by atoms with van der Waals surface area (Å²) in [5.74, 6) is 2.52. The van der Waals surface area contributed by atoms with Gasteiger partial charge in [-0.3, -0.25) is 0 Å². The van der Waals surface area contributed by atoms with Gasteiger partial charge in [0.1, 0.15) is 5.82 Å². The van der Waals surface area contributed by atoms with Gasteiger partial charge in [-0.2, -0.15) is 0 Å². The largest absolute Gasteiger partial charge is 0.356 e. The molecule has 0 bridgehead atoms. The molecule has 0 atom stereocenters. The molecular formula is C13H19ClN2. The Kier molecular flexibility index (Phi) is 4.05. The van der Waals surface area contributed by atoms with Gasteiger partial charge in [0.05, 0.1) is 5.88 Å². The number of rotatable bonds is 6. The number of alkyl halides is 1. The highest BCUT2D eigenvalue weighted by atomic mass is 35.5. The summed E-state index contributed by atoms with van der Waals surface area (Å²) in [6.45, 7) is 4.44. The lowest BCUT2D eigenvalue weighted by molar-refractivity contribution is 0.696. The van der Waals surface area contributed by atoms with Gasteiger partial charge in [0.15, 0.2) is 0 Å². The highest BCUT2D eigenvalue weighted by molar-refractivity contribution is 6.17. The molecule has 0 unspecified atom stereocenters. The van der Waals surface area contributed by atoms with Crippen LogP contribution in [-0.4, -0.2) is 18.1 Å². The first-order valence-electron chi connectivity index (χ1n) is 6.10. The van der Waals surface area contributed by atoms with Gasteiger partial charge in [-0.1, -0.05) is 13.0 Å². The third kappa shape index (κ3) is 2.88. The third-order valence-electron chi connectivity index (χ3n) is 2.98. The number of hydrogen-bond acceptors (Lipinski definition) is 2. The fraction of sp³-hybridized carbons (Fsp3) is 0.615. The molecule has 1 aromatic rings. The van der Waals surface area contributed by atoms with Crippen molar-refractivity contribution in [2.45, 2.75) is 32.1 Å². The maximum atomic E-state index is 5.96. The van der Waals surface area contributed by atoms with E-state index in [0.717, 1.165) is 36.8 Å². The summed E-state index contributed by atoms with van der Waals surface area (Å²) >= 11 is 5.96. The average Bonchev–Trinajstić information content (AvgIpc) is 3.12. The zero-order chi connectivity index (χ0) is 11.4. The van der Waals surface area contributed by atoms with Gasteiger partial charge in [-0.05, 0) is 31.2 Å². The fourth-order valence-corrected chi connectivity index (χ4v) is 2.19. The predicted octanol–water partition coefficient (Wildman–Crippen LogP) is 3.45.